The van der Waals surface area contributed by atoms with Crippen molar-refractivity contribution in [1.29, 1.82) is 0 Å². The second-order valence-electron chi connectivity index (χ2n) is 8.52. The molecule has 1 aliphatic rings. The highest BCUT2D eigenvalue weighted by atomic mass is 16.5. The first-order chi connectivity index (χ1) is 14.5. The maximum absolute atomic E-state index is 13.4. The van der Waals surface area contributed by atoms with Crippen LogP contribution in [0.3, 0.4) is 0 Å². The number of aromatic hydroxyl groups is 1. The van der Waals surface area contributed by atoms with Crippen LogP contribution in [0.5, 0.6) is 11.5 Å². The molecule has 1 aliphatic heterocycles. The summed E-state index contributed by atoms with van der Waals surface area (Å²) in [7, 11) is 0. The lowest BCUT2D eigenvalue weighted by Gasteiger charge is -2.30. The number of rotatable bonds is 6. The van der Waals surface area contributed by atoms with Crippen LogP contribution in [0.2, 0.25) is 0 Å². The summed E-state index contributed by atoms with van der Waals surface area (Å²) in [6.45, 7) is 10.2. The van der Waals surface area contributed by atoms with E-state index >= 15 is 0 Å². The van der Waals surface area contributed by atoms with Crippen LogP contribution < -0.4 is 10.4 Å². The first kappa shape index (κ1) is 22.6. The number of carbonyl (C=O) groups is 2. The van der Waals surface area contributed by atoms with Crippen LogP contribution in [0.15, 0.2) is 21.4 Å². The van der Waals surface area contributed by atoms with E-state index in [9.17, 15) is 19.5 Å². The van der Waals surface area contributed by atoms with Gasteiger partial charge in [0.1, 0.15) is 28.8 Å². The minimum atomic E-state index is -0.777. The molecule has 0 bridgehead atoms. The number of ketones is 1. The molecular weight excluding hydrogens is 400 g/mol. The second-order valence-corrected chi connectivity index (χ2v) is 8.52. The maximum atomic E-state index is 13.4. The van der Waals surface area contributed by atoms with Gasteiger partial charge in [-0.25, -0.2) is 4.79 Å². The third-order valence-corrected chi connectivity index (χ3v) is 5.49. The van der Waals surface area contributed by atoms with E-state index in [1.54, 1.807) is 26.0 Å². The van der Waals surface area contributed by atoms with Gasteiger partial charge in [0.25, 0.3) is 0 Å². The monoisotopic (exact) mass is 428 g/mol. The number of aryl methyl sites for hydroxylation is 1. The molecule has 3 rings (SSSR count). The molecule has 0 radical (unpaired) electrons. The summed E-state index contributed by atoms with van der Waals surface area (Å²) in [5.41, 5.74) is -0.335. The lowest BCUT2D eigenvalue weighted by Crippen LogP contribution is -2.29. The largest absolute Gasteiger partial charge is 0.506 e. The van der Waals surface area contributed by atoms with Gasteiger partial charge < -0.3 is 19.0 Å². The van der Waals surface area contributed by atoms with Crippen LogP contribution in [0, 0.1) is 5.92 Å². The van der Waals surface area contributed by atoms with Crippen molar-refractivity contribution >= 4 is 28.8 Å². The molecule has 0 amide bonds. The fraction of sp³-hybridized carbons (Fsp3) is 0.458. The van der Waals surface area contributed by atoms with Gasteiger partial charge in [-0.2, -0.15) is 0 Å². The Kier molecular flexibility index (Phi) is 5.98. The minimum Gasteiger partial charge on any atom is -0.506 e. The van der Waals surface area contributed by atoms with Crippen molar-refractivity contribution in [3.63, 3.8) is 0 Å². The van der Waals surface area contributed by atoms with E-state index in [1.807, 2.05) is 20.8 Å². The van der Waals surface area contributed by atoms with E-state index in [-0.39, 0.29) is 16.9 Å². The van der Waals surface area contributed by atoms with Crippen molar-refractivity contribution in [2.45, 2.75) is 66.1 Å². The smallest absolute Gasteiger partial charge is 0.336 e. The molecule has 2 heterocycles. The number of esters is 1. The normalized spacial score (nSPS) is 16.3. The number of phenols is 1. The number of fused-ring (bicyclic) bond motifs is 3. The fourth-order valence-electron chi connectivity index (χ4n) is 3.79. The van der Waals surface area contributed by atoms with E-state index in [1.165, 1.54) is 13.0 Å². The Morgan fingerprint density at radius 1 is 1.26 bits per heavy atom. The zero-order chi connectivity index (χ0) is 23.1. The molecule has 7 nitrogen and oxygen atoms in total. The molecule has 7 heteroatoms. The third kappa shape index (κ3) is 4.22. The van der Waals surface area contributed by atoms with Crippen LogP contribution in [0.25, 0.3) is 17.0 Å². The van der Waals surface area contributed by atoms with Crippen molar-refractivity contribution in [2.75, 3.05) is 0 Å². The summed E-state index contributed by atoms with van der Waals surface area (Å²) >= 11 is 0. The Balaban J connectivity index is 2.35. The van der Waals surface area contributed by atoms with Crippen LogP contribution in [0.4, 0.5) is 0 Å². The molecule has 1 aromatic carbocycles. The highest BCUT2D eigenvalue weighted by Gasteiger charge is 2.35. The quantitative estimate of drug-likeness (QED) is 0.413. The topological polar surface area (TPSA) is 103 Å². The number of phenolic OH excluding ortho intramolecular Hbond substituents is 1. The van der Waals surface area contributed by atoms with Crippen molar-refractivity contribution in [3.05, 3.63) is 39.3 Å². The predicted molar refractivity (Wildman–Crippen MR) is 117 cm³/mol. The molecule has 0 saturated heterocycles. The summed E-state index contributed by atoms with van der Waals surface area (Å²) in [4.78, 5) is 37.1. The lowest BCUT2D eigenvalue weighted by molar-refractivity contribution is -0.146. The minimum absolute atomic E-state index is 0.00910. The van der Waals surface area contributed by atoms with E-state index in [0.717, 1.165) is 6.42 Å². The zero-order valence-corrected chi connectivity index (χ0v) is 18.7. The molecule has 2 atom stereocenters. The van der Waals surface area contributed by atoms with Crippen LogP contribution in [-0.2, 0) is 16.0 Å². The van der Waals surface area contributed by atoms with Gasteiger partial charge in [-0.3, -0.25) is 9.59 Å². The molecule has 166 valence electrons. The van der Waals surface area contributed by atoms with Crippen LogP contribution in [-0.4, -0.2) is 28.6 Å². The highest BCUT2D eigenvalue weighted by Crippen LogP contribution is 2.46. The average Bonchev–Trinajstić information content (AvgIpc) is 2.65. The zero-order valence-electron chi connectivity index (χ0n) is 18.7. The molecule has 0 spiro atoms. The van der Waals surface area contributed by atoms with Gasteiger partial charge in [-0.1, -0.05) is 20.3 Å². The first-order valence-corrected chi connectivity index (χ1v) is 10.4. The number of hydrogen-bond donors (Lipinski definition) is 1. The van der Waals surface area contributed by atoms with Crippen LogP contribution >= 0.6 is 0 Å². The number of carbonyl (C=O) groups excluding carboxylic acids is 2. The Hall–Kier alpha value is -3.09. The first-order valence-electron chi connectivity index (χ1n) is 10.4. The van der Waals surface area contributed by atoms with E-state index in [2.05, 4.69) is 0 Å². The van der Waals surface area contributed by atoms with Gasteiger partial charge >= 0.3 is 11.6 Å². The van der Waals surface area contributed by atoms with E-state index in [4.69, 9.17) is 13.9 Å². The molecule has 1 aromatic heterocycles. The predicted octanol–water partition coefficient (Wildman–Crippen LogP) is 4.41. The van der Waals surface area contributed by atoms with Crippen molar-refractivity contribution in [3.8, 4) is 11.5 Å². The van der Waals surface area contributed by atoms with Gasteiger partial charge in [0.2, 0.25) is 0 Å². The Labute approximate surface area is 180 Å². The lowest BCUT2D eigenvalue weighted by atomic mass is 9.88. The molecule has 31 heavy (non-hydrogen) atoms. The summed E-state index contributed by atoms with van der Waals surface area (Å²) in [5.74, 6) is -1.72. The Morgan fingerprint density at radius 3 is 2.55 bits per heavy atom. The summed E-state index contributed by atoms with van der Waals surface area (Å²) < 4.78 is 16.8. The molecule has 1 N–H and O–H groups in total. The summed E-state index contributed by atoms with van der Waals surface area (Å²) in [6, 6.07) is 1.40. The molecule has 2 aromatic rings. The van der Waals surface area contributed by atoms with Gasteiger partial charge in [-0.15, -0.1) is 0 Å². The van der Waals surface area contributed by atoms with E-state index < -0.39 is 35.0 Å². The van der Waals surface area contributed by atoms with Gasteiger partial charge in [0.05, 0.1) is 16.9 Å². The molecule has 0 aliphatic carbocycles. The molecule has 0 fully saturated rings. The second kappa shape index (κ2) is 8.21. The number of hydrogen-bond acceptors (Lipinski definition) is 7. The Morgan fingerprint density at radius 2 is 1.94 bits per heavy atom. The highest BCUT2D eigenvalue weighted by molar-refractivity contribution is 6.13. The van der Waals surface area contributed by atoms with Crippen molar-refractivity contribution in [1.82, 2.24) is 0 Å². The molecule has 0 saturated carbocycles. The summed E-state index contributed by atoms with van der Waals surface area (Å²) in [5, 5.41) is 11.6. The van der Waals surface area contributed by atoms with Gasteiger partial charge in [-0.05, 0) is 44.9 Å². The number of Topliss-reactive ketones (excluding diaryl/α,β-unsaturated/α-hetero) is 1. The fourth-order valence-corrected chi connectivity index (χ4v) is 3.79. The Bertz CT molecular complexity index is 1140. The SMILES string of the molecule is CCCc1cc(=O)oc2c(C(=O)[C@H](C)[C@@H](C)OC(C)=O)c(O)c3c(c12)OC(C)(C)C=C3. The standard InChI is InChI=1S/C24H28O7/c1-7-8-15-11-17(26)30-23-18(15)22-16(9-10-24(5,6)31-22)21(28)19(23)20(27)12(2)13(3)29-14(4)25/h9-13,28H,7-8H2,1-6H3/t12-,13-/m1/s1. The van der Waals surface area contributed by atoms with E-state index in [0.29, 0.717) is 28.7 Å². The summed E-state index contributed by atoms with van der Waals surface area (Å²) in [6.07, 6.45) is 4.10. The maximum Gasteiger partial charge on any atom is 0.336 e. The van der Waals surface area contributed by atoms with Gasteiger partial charge in [0, 0.05) is 13.0 Å². The van der Waals surface area contributed by atoms with Crippen molar-refractivity contribution in [2.24, 2.45) is 5.92 Å². The van der Waals surface area contributed by atoms with Gasteiger partial charge in [0.15, 0.2) is 11.4 Å². The number of benzene rings is 1. The van der Waals surface area contributed by atoms with Crippen molar-refractivity contribution < 1.29 is 28.6 Å². The average molecular weight is 428 g/mol. The van der Waals surface area contributed by atoms with Crippen LogP contribution in [0.1, 0.15) is 69.4 Å². The molecule has 0 unspecified atom stereocenters. The molecular formula is C24H28O7. The third-order valence-electron chi connectivity index (χ3n) is 5.49. The number of ether oxygens (including phenoxy) is 2.